The molecule has 30 heavy (non-hydrogen) atoms. The zero-order valence-electron chi connectivity index (χ0n) is 16.5. The number of carbonyl (C=O) groups excluding carboxylic acids is 2. The summed E-state index contributed by atoms with van der Waals surface area (Å²) in [5.74, 6) is -0.586. The van der Waals surface area contributed by atoms with Gasteiger partial charge >= 0.3 is 5.97 Å². The molecule has 1 heterocycles. The van der Waals surface area contributed by atoms with Crippen LogP contribution >= 0.6 is 0 Å². The smallest absolute Gasteiger partial charge is 0.331 e. The van der Waals surface area contributed by atoms with Crippen molar-refractivity contribution < 1.29 is 19.1 Å². The van der Waals surface area contributed by atoms with Crippen molar-refractivity contribution in [3.63, 3.8) is 0 Å². The third-order valence-corrected chi connectivity index (χ3v) is 4.10. The molecule has 3 aromatic rings. The lowest BCUT2D eigenvalue weighted by atomic mass is 10.1. The summed E-state index contributed by atoms with van der Waals surface area (Å²) in [6, 6.07) is 21.3. The van der Waals surface area contributed by atoms with Crippen LogP contribution in [0.3, 0.4) is 0 Å². The van der Waals surface area contributed by atoms with E-state index in [4.69, 9.17) is 9.47 Å². The Morgan fingerprint density at radius 2 is 1.73 bits per heavy atom. The summed E-state index contributed by atoms with van der Waals surface area (Å²) >= 11 is 0. The molecule has 0 saturated carbocycles. The molecule has 2 aromatic carbocycles. The van der Waals surface area contributed by atoms with Crippen LogP contribution in [0.2, 0.25) is 0 Å². The molecule has 0 aliphatic heterocycles. The van der Waals surface area contributed by atoms with Crippen molar-refractivity contribution in [2.75, 3.05) is 11.9 Å². The molecule has 0 radical (unpaired) electrons. The molecular formula is C24H22N2O4. The predicted octanol–water partition coefficient (Wildman–Crippen LogP) is 4.42. The second-order valence-electron chi connectivity index (χ2n) is 6.23. The lowest BCUT2D eigenvalue weighted by Gasteiger charge is -2.18. The zero-order valence-corrected chi connectivity index (χ0v) is 16.5. The Hall–Kier alpha value is -3.93. The minimum absolute atomic E-state index is 0.461. The fraction of sp³-hybridized carbons (Fsp3) is 0.125. The number of anilines is 1. The molecule has 0 aliphatic carbocycles. The van der Waals surface area contributed by atoms with Crippen molar-refractivity contribution in [3.8, 4) is 5.75 Å². The predicted molar refractivity (Wildman–Crippen MR) is 115 cm³/mol. The highest BCUT2D eigenvalue weighted by molar-refractivity contribution is 5.98. The van der Waals surface area contributed by atoms with Crippen LogP contribution in [0.5, 0.6) is 5.75 Å². The lowest BCUT2D eigenvalue weighted by Crippen LogP contribution is -2.25. The summed E-state index contributed by atoms with van der Waals surface area (Å²) in [6.07, 6.45) is 3.29. The quantitative estimate of drug-likeness (QED) is 0.446. The number of rotatable bonds is 8. The Morgan fingerprint density at radius 1 is 1.00 bits per heavy atom. The van der Waals surface area contributed by atoms with Crippen LogP contribution in [0.4, 0.5) is 5.69 Å². The molecule has 6 heteroatoms. The molecule has 152 valence electrons. The van der Waals surface area contributed by atoms with Gasteiger partial charge < -0.3 is 14.8 Å². The number of hydrogen-bond acceptors (Lipinski definition) is 5. The number of aromatic nitrogens is 1. The number of ether oxygens (including phenoxy) is 2. The Morgan fingerprint density at radius 3 is 2.47 bits per heavy atom. The molecule has 0 spiro atoms. The van der Waals surface area contributed by atoms with Gasteiger partial charge in [-0.05, 0) is 37.3 Å². The molecular weight excluding hydrogens is 380 g/mol. The van der Waals surface area contributed by atoms with E-state index in [1.165, 1.54) is 12.2 Å². The van der Waals surface area contributed by atoms with Gasteiger partial charge in [0, 0.05) is 17.8 Å². The van der Waals surface area contributed by atoms with Crippen molar-refractivity contribution in [2.24, 2.45) is 0 Å². The number of carbonyl (C=O) groups is 2. The second-order valence-corrected chi connectivity index (χ2v) is 6.23. The first kappa shape index (κ1) is 20.8. The average molecular weight is 402 g/mol. The summed E-state index contributed by atoms with van der Waals surface area (Å²) in [7, 11) is 0. The fourth-order valence-corrected chi connectivity index (χ4v) is 2.73. The first-order chi connectivity index (χ1) is 14.7. The monoisotopic (exact) mass is 402 g/mol. The average Bonchev–Trinajstić information content (AvgIpc) is 2.79. The highest BCUT2D eigenvalue weighted by atomic mass is 16.5. The molecule has 6 nitrogen and oxygen atoms in total. The minimum atomic E-state index is -1.12. The second kappa shape index (κ2) is 10.6. The number of para-hydroxylation sites is 2. The van der Waals surface area contributed by atoms with Gasteiger partial charge in [-0.2, -0.15) is 0 Å². The van der Waals surface area contributed by atoms with Crippen LogP contribution in [0, 0.1) is 0 Å². The standard InChI is InChI=1S/C24H22N2O4/c1-2-29-21-14-7-6-13-20(21)26-24(28)23(18-10-4-3-5-11-18)30-22(27)16-15-19-12-8-9-17-25-19/h3-17,23H,2H2,1H3,(H,26,28). The van der Waals surface area contributed by atoms with Crippen molar-refractivity contribution in [1.82, 2.24) is 4.98 Å². The maximum Gasteiger partial charge on any atom is 0.331 e. The third-order valence-electron chi connectivity index (χ3n) is 4.10. The highest BCUT2D eigenvalue weighted by Gasteiger charge is 2.25. The molecule has 1 unspecified atom stereocenters. The van der Waals surface area contributed by atoms with Crippen LogP contribution in [-0.2, 0) is 14.3 Å². The maximum absolute atomic E-state index is 13.0. The summed E-state index contributed by atoms with van der Waals surface area (Å²) in [4.78, 5) is 29.5. The SMILES string of the molecule is CCOc1ccccc1NC(=O)C(OC(=O)C=Cc1ccccn1)c1ccccc1. The minimum Gasteiger partial charge on any atom is -0.492 e. The molecule has 0 fully saturated rings. The van der Waals surface area contributed by atoms with Gasteiger partial charge in [0.15, 0.2) is 0 Å². The molecule has 0 aliphatic rings. The fourth-order valence-electron chi connectivity index (χ4n) is 2.73. The van der Waals surface area contributed by atoms with Crippen LogP contribution in [0.15, 0.2) is 85.1 Å². The number of nitrogens with zero attached hydrogens (tertiary/aromatic N) is 1. The van der Waals surface area contributed by atoms with E-state index in [0.29, 0.717) is 29.3 Å². The van der Waals surface area contributed by atoms with Gasteiger partial charge in [0.05, 0.1) is 18.0 Å². The Labute approximate surface area is 175 Å². The Balaban J connectivity index is 1.78. The van der Waals surface area contributed by atoms with Crippen LogP contribution in [-0.4, -0.2) is 23.5 Å². The zero-order chi connectivity index (χ0) is 21.2. The van der Waals surface area contributed by atoms with Gasteiger partial charge in [-0.15, -0.1) is 0 Å². The Bertz CT molecular complexity index is 1000. The van der Waals surface area contributed by atoms with E-state index in [0.717, 1.165) is 0 Å². The van der Waals surface area contributed by atoms with E-state index in [-0.39, 0.29) is 0 Å². The summed E-state index contributed by atoms with van der Waals surface area (Å²) in [5, 5.41) is 2.80. The van der Waals surface area contributed by atoms with Gasteiger partial charge in [0.25, 0.3) is 5.91 Å². The molecule has 3 rings (SSSR count). The lowest BCUT2D eigenvalue weighted by molar-refractivity contribution is -0.149. The first-order valence-corrected chi connectivity index (χ1v) is 9.54. The molecule has 1 N–H and O–H groups in total. The summed E-state index contributed by atoms with van der Waals surface area (Å²) in [5.41, 5.74) is 1.68. The number of amides is 1. The van der Waals surface area contributed by atoms with Gasteiger partial charge in [0.2, 0.25) is 6.10 Å². The normalized spacial score (nSPS) is 11.6. The van der Waals surface area contributed by atoms with Gasteiger partial charge in [-0.3, -0.25) is 9.78 Å². The van der Waals surface area contributed by atoms with Crippen molar-refractivity contribution >= 4 is 23.6 Å². The maximum atomic E-state index is 13.0. The van der Waals surface area contributed by atoms with Gasteiger partial charge in [-0.25, -0.2) is 4.79 Å². The van der Waals surface area contributed by atoms with E-state index in [9.17, 15) is 9.59 Å². The van der Waals surface area contributed by atoms with Crippen LogP contribution in [0.25, 0.3) is 6.08 Å². The van der Waals surface area contributed by atoms with E-state index >= 15 is 0 Å². The first-order valence-electron chi connectivity index (χ1n) is 9.54. The molecule has 0 saturated heterocycles. The van der Waals surface area contributed by atoms with Gasteiger partial charge in [0.1, 0.15) is 5.75 Å². The molecule has 1 atom stereocenters. The van der Waals surface area contributed by atoms with E-state index in [1.807, 2.05) is 25.1 Å². The summed E-state index contributed by atoms with van der Waals surface area (Å²) < 4.78 is 11.0. The van der Waals surface area contributed by atoms with E-state index < -0.39 is 18.0 Å². The number of hydrogen-bond donors (Lipinski definition) is 1. The van der Waals surface area contributed by atoms with Crippen molar-refractivity contribution in [2.45, 2.75) is 13.0 Å². The largest absolute Gasteiger partial charge is 0.492 e. The number of pyridine rings is 1. The third kappa shape index (κ3) is 5.78. The Kier molecular flexibility index (Phi) is 7.33. The number of benzene rings is 2. The number of esters is 1. The molecule has 1 aromatic heterocycles. The number of nitrogens with one attached hydrogen (secondary N) is 1. The summed E-state index contributed by atoms with van der Waals surface area (Å²) in [6.45, 7) is 2.32. The molecule has 1 amide bonds. The van der Waals surface area contributed by atoms with Gasteiger partial charge in [-0.1, -0.05) is 48.5 Å². The van der Waals surface area contributed by atoms with Crippen LogP contribution in [0.1, 0.15) is 24.3 Å². The van der Waals surface area contributed by atoms with Crippen molar-refractivity contribution in [3.05, 3.63) is 96.3 Å². The van der Waals surface area contributed by atoms with Crippen molar-refractivity contribution in [1.29, 1.82) is 0 Å². The topological polar surface area (TPSA) is 77.5 Å². The van der Waals surface area contributed by atoms with Crippen LogP contribution < -0.4 is 10.1 Å². The van der Waals surface area contributed by atoms with E-state index in [2.05, 4.69) is 10.3 Å². The molecule has 0 bridgehead atoms. The van der Waals surface area contributed by atoms with E-state index in [1.54, 1.807) is 60.8 Å². The highest BCUT2D eigenvalue weighted by Crippen LogP contribution is 2.26.